The van der Waals surface area contributed by atoms with Crippen molar-refractivity contribution in [2.75, 3.05) is 13.2 Å². The van der Waals surface area contributed by atoms with Crippen molar-refractivity contribution in [1.82, 2.24) is 0 Å². The molecule has 1 N–H and O–H groups in total. The largest absolute Gasteiger partial charge is 0.390 e. The van der Waals surface area contributed by atoms with Gasteiger partial charge in [0.15, 0.2) is 6.29 Å². The number of fused-ring (bicyclic) bond motifs is 1. The summed E-state index contributed by atoms with van der Waals surface area (Å²) in [5, 5.41) is 13.8. The highest BCUT2D eigenvalue weighted by Gasteiger charge is 2.44. The third-order valence-corrected chi connectivity index (χ3v) is 3.54. The van der Waals surface area contributed by atoms with Gasteiger partial charge in [-0.3, -0.25) is 0 Å². The van der Waals surface area contributed by atoms with Gasteiger partial charge in [0.05, 0.1) is 25.4 Å². The summed E-state index contributed by atoms with van der Waals surface area (Å²) in [6, 6.07) is 8.86. The van der Waals surface area contributed by atoms with Crippen LogP contribution in [-0.4, -0.2) is 42.7 Å². The first-order chi connectivity index (χ1) is 9.79. The molecule has 0 aliphatic carbocycles. The van der Waals surface area contributed by atoms with Crippen molar-refractivity contribution in [3.05, 3.63) is 46.3 Å². The van der Waals surface area contributed by atoms with Crippen LogP contribution in [0.5, 0.6) is 0 Å². The lowest BCUT2D eigenvalue weighted by molar-refractivity contribution is -0.301. The quantitative estimate of drug-likeness (QED) is 0.503. The fourth-order valence-corrected chi connectivity index (χ4v) is 2.48. The lowest BCUT2D eigenvalue weighted by Crippen LogP contribution is -2.57. The molecular formula is C13H15N3O4. The first kappa shape index (κ1) is 13.4. The Bertz CT molecular complexity index is 506. The van der Waals surface area contributed by atoms with Crippen molar-refractivity contribution in [3.63, 3.8) is 0 Å². The van der Waals surface area contributed by atoms with Crippen LogP contribution >= 0.6 is 0 Å². The number of nitrogens with zero attached hydrogens (tertiary/aromatic N) is 3. The van der Waals surface area contributed by atoms with E-state index in [-0.39, 0.29) is 12.7 Å². The summed E-state index contributed by atoms with van der Waals surface area (Å²) >= 11 is 0. The molecule has 0 bridgehead atoms. The summed E-state index contributed by atoms with van der Waals surface area (Å²) in [5.74, 6) is 0. The highest BCUT2D eigenvalue weighted by Crippen LogP contribution is 2.32. The molecule has 3 rings (SSSR count). The van der Waals surface area contributed by atoms with Crippen LogP contribution in [0, 0.1) is 0 Å². The normalized spacial score (nSPS) is 36.8. The topological polar surface area (TPSA) is 96.7 Å². The summed E-state index contributed by atoms with van der Waals surface area (Å²) in [4.78, 5) is 2.72. The third-order valence-electron chi connectivity index (χ3n) is 3.54. The lowest BCUT2D eigenvalue weighted by Gasteiger charge is -2.43. The maximum absolute atomic E-state index is 10.2. The molecule has 7 nitrogen and oxygen atoms in total. The van der Waals surface area contributed by atoms with E-state index >= 15 is 0 Å². The lowest BCUT2D eigenvalue weighted by atomic mass is 9.98. The van der Waals surface area contributed by atoms with Gasteiger partial charge in [-0.2, -0.15) is 0 Å². The minimum absolute atomic E-state index is 0.176. The van der Waals surface area contributed by atoms with Crippen LogP contribution in [0.2, 0.25) is 0 Å². The standard InChI is InChI=1S/C13H15N3O4/c14-16-15-9-6-18-10-7-19-13(20-12(10)11(9)17)8-4-2-1-3-5-8/h1-5,9-13,17H,6-7H2/t9?,10?,11-,12-,13?/m1/s1. The fourth-order valence-electron chi connectivity index (χ4n) is 2.48. The molecule has 20 heavy (non-hydrogen) atoms. The van der Waals surface area contributed by atoms with Crippen molar-refractivity contribution in [3.8, 4) is 0 Å². The zero-order valence-corrected chi connectivity index (χ0v) is 10.7. The van der Waals surface area contributed by atoms with Crippen molar-refractivity contribution in [2.24, 2.45) is 5.11 Å². The zero-order valence-electron chi connectivity index (χ0n) is 10.7. The molecule has 0 amide bonds. The molecule has 2 heterocycles. The van der Waals surface area contributed by atoms with Gasteiger partial charge in [-0.25, -0.2) is 0 Å². The number of ether oxygens (including phenoxy) is 3. The second-order valence-electron chi connectivity index (χ2n) is 4.81. The van der Waals surface area contributed by atoms with Gasteiger partial charge >= 0.3 is 0 Å². The molecule has 1 aromatic rings. The Morgan fingerprint density at radius 2 is 2.00 bits per heavy atom. The Morgan fingerprint density at radius 1 is 1.20 bits per heavy atom. The van der Waals surface area contributed by atoms with Gasteiger partial charge in [0, 0.05) is 10.5 Å². The smallest absolute Gasteiger partial charge is 0.184 e. The van der Waals surface area contributed by atoms with E-state index in [2.05, 4.69) is 10.0 Å². The minimum atomic E-state index is -0.889. The van der Waals surface area contributed by atoms with Gasteiger partial charge in [0.25, 0.3) is 0 Å². The fraction of sp³-hybridized carbons (Fsp3) is 0.538. The summed E-state index contributed by atoms with van der Waals surface area (Å²) in [6.45, 7) is 0.513. The average Bonchev–Trinajstić information content (AvgIpc) is 2.51. The maximum Gasteiger partial charge on any atom is 0.184 e. The Kier molecular flexibility index (Phi) is 3.86. The average molecular weight is 277 g/mol. The van der Waals surface area contributed by atoms with Crippen LogP contribution in [0.15, 0.2) is 35.4 Å². The molecule has 2 aliphatic rings. The number of aliphatic hydroxyl groups excluding tert-OH is 1. The molecule has 5 atom stereocenters. The van der Waals surface area contributed by atoms with Crippen LogP contribution in [0.1, 0.15) is 11.9 Å². The van der Waals surface area contributed by atoms with E-state index in [4.69, 9.17) is 19.7 Å². The molecule has 3 unspecified atom stereocenters. The van der Waals surface area contributed by atoms with Crippen molar-refractivity contribution in [2.45, 2.75) is 30.6 Å². The van der Waals surface area contributed by atoms with Gasteiger partial charge in [0.1, 0.15) is 12.2 Å². The summed E-state index contributed by atoms with van der Waals surface area (Å²) in [5.41, 5.74) is 9.37. The van der Waals surface area contributed by atoms with E-state index in [0.29, 0.717) is 6.61 Å². The molecule has 0 saturated carbocycles. The number of azide groups is 1. The van der Waals surface area contributed by atoms with E-state index in [1.54, 1.807) is 0 Å². The van der Waals surface area contributed by atoms with Gasteiger partial charge in [-0.05, 0) is 5.53 Å². The molecule has 0 aromatic heterocycles. The molecule has 7 heteroatoms. The van der Waals surface area contributed by atoms with Gasteiger partial charge in [-0.1, -0.05) is 35.4 Å². The number of rotatable bonds is 2. The van der Waals surface area contributed by atoms with E-state index < -0.39 is 24.5 Å². The van der Waals surface area contributed by atoms with Gasteiger partial charge in [0.2, 0.25) is 0 Å². The molecule has 106 valence electrons. The number of hydrogen-bond donors (Lipinski definition) is 1. The SMILES string of the molecule is [N-]=[N+]=NC1COC2COC(c3ccccc3)O[C@H]2[C@@H]1O. The highest BCUT2D eigenvalue weighted by atomic mass is 16.7. The van der Waals surface area contributed by atoms with Crippen LogP contribution in [0.4, 0.5) is 0 Å². The first-order valence-corrected chi connectivity index (χ1v) is 6.45. The molecule has 2 fully saturated rings. The molecule has 2 aliphatic heterocycles. The van der Waals surface area contributed by atoms with E-state index in [1.165, 1.54) is 0 Å². The van der Waals surface area contributed by atoms with Crippen molar-refractivity contribution < 1.29 is 19.3 Å². The van der Waals surface area contributed by atoms with Gasteiger partial charge in [-0.15, -0.1) is 0 Å². The molecular weight excluding hydrogens is 262 g/mol. The Hall–Kier alpha value is -1.63. The molecule has 2 saturated heterocycles. The van der Waals surface area contributed by atoms with E-state index in [9.17, 15) is 5.11 Å². The predicted molar refractivity (Wildman–Crippen MR) is 68.7 cm³/mol. The second-order valence-corrected chi connectivity index (χ2v) is 4.81. The third kappa shape index (κ3) is 2.49. The Labute approximate surface area is 115 Å². The molecule has 0 spiro atoms. The van der Waals surface area contributed by atoms with E-state index in [0.717, 1.165) is 5.56 Å². The first-order valence-electron chi connectivity index (χ1n) is 6.45. The van der Waals surface area contributed by atoms with Crippen LogP contribution in [-0.2, 0) is 14.2 Å². The van der Waals surface area contributed by atoms with E-state index in [1.807, 2.05) is 30.3 Å². The Morgan fingerprint density at radius 3 is 2.75 bits per heavy atom. The number of benzene rings is 1. The zero-order chi connectivity index (χ0) is 13.9. The molecule has 0 radical (unpaired) electrons. The second kappa shape index (κ2) is 5.78. The maximum atomic E-state index is 10.2. The van der Waals surface area contributed by atoms with Crippen molar-refractivity contribution >= 4 is 0 Å². The molecule has 1 aromatic carbocycles. The van der Waals surface area contributed by atoms with Crippen molar-refractivity contribution in [1.29, 1.82) is 0 Å². The number of hydrogen-bond acceptors (Lipinski definition) is 5. The summed E-state index contributed by atoms with van der Waals surface area (Å²) < 4.78 is 16.9. The monoisotopic (exact) mass is 277 g/mol. The Balaban J connectivity index is 1.75. The highest BCUT2D eigenvalue weighted by molar-refractivity contribution is 5.16. The van der Waals surface area contributed by atoms with Crippen LogP contribution in [0.25, 0.3) is 10.4 Å². The minimum Gasteiger partial charge on any atom is -0.390 e. The summed E-state index contributed by atoms with van der Waals surface area (Å²) in [7, 11) is 0. The van der Waals surface area contributed by atoms with Gasteiger partial charge < -0.3 is 19.3 Å². The number of aliphatic hydroxyl groups is 1. The predicted octanol–water partition coefficient (Wildman–Crippen LogP) is 1.54. The van der Waals surface area contributed by atoms with Crippen LogP contribution in [0.3, 0.4) is 0 Å². The summed E-state index contributed by atoms with van der Waals surface area (Å²) in [6.07, 6.45) is -2.33. The van der Waals surface area contributed by atoms with Crippen LogP contribution < -0.4 is 0 Å².